The summed E-state index contributed by atoms with van der Waals surface area (Å²) < 4.78 is 0. The molecule has 0 atom stereocenters. The highest BCUT2D eigenvalue weighted by atomic mass is 16.4. The van der Waals surface area contributed by atoms with Crippen LogP contribution >= 0.6 is 0 Å². The molecule has 6 nitrogen and oxygen atoms in total. The molecule has 0 aliphatic carbocycles. The molecule has 0 saturated heterocycles. The number of rotatable bonds is 4. The van der Waals surface area contributed by atoms with Crippen LogP contribution in [0.4, 0.5) is 0 Å². The summed E-state index contributed by atoms with van der Waals surface area (Å²) in [7, 11) is -1.50. The Bertz CT molecular complexity index is 430. The van der Waals surface area contributed by atoms with E-state index in [1.807, 2.05) is 0 Å². The number of carboxylic acid groups (broad SMARTS) is 1. The highest BCUT2D eigenvalue weighted by molar-refractivity contribution is 6.58. The predicted octanol–water partition coefficient (Wildman–Crippen LogP) is -0.478. The monoisotopic (exact) mass is 298 g/mol. The fourth-order valence-corrected chi connectivity index (χ4v) is 0.982. The molecule has 0 fully saturated rings. The quantitative estimate of drug-likeness (QED) is 0.479. The number of aliphatic carboxylic acids is 1. The highest BCUT2D eigenvalue weighted by Crippen LogP contribution is 2.19. The standard InChI is InChI=1S/C8H9BO4.C6H14O2/c10-8(11)5-6-1-3-7(4-2-6)9(12)13;1-5(2,7)6(3,4)8/h1-4,12-13H,5H2,(H,10,11);7-8H,1-4H3. The maximum Gasteiger partial charge on any atom is 0.488 e. The molecule has 21 heavy (non-hydrogen) atoms. The summed E-state index contributed by atoms with van der Waals surface area (Å²) in [5.41, 5.74) is -1.02. The Morgan fingerprint density at radius 2 is 1.38 bits per heavy atom. The first-order valence-electron chi connectivity index (χ1n) is 6.46. The maximum atomic E-state index is 10.3. The number of benzene rings is 1. The summed E-state index contributed by atoms with van der Waals surface area (Å²) in [5, 5.41) is 44.1. The fourth-order valence-electron chi connectivity index (χ4n) is 0.982. The Morgan fingerprint density at radius 3 is 1.62 bits per heavy atom. The van der Waals surface area contributed by atoms with Gasteiger partial charge in [-0.2, -0.15) is 0 Å². The summed E-state index contributed by atoms with van der Waals surface area (Å²) in [5.74, 6) is -0.905. The first-order chi connectivity index (χ1) is 9.34. The lowest BCUT2D eigenvalue weighted by Crippen LogP contribution is -2.44. The molecule has 0 bridgehead atoms. The van der Waals surface area contributed by atoms with Crippen molar-refractivity contribution >= 4 is 18.6 Å². The summed E-state index contributed by atoms with van der Waals surface area (Å²) in [6.45, 7) is 6.31. The first-order valence-corrected chi connectivity index (χ1v) is 6.46. The van der Waals surface area contributed by atoms with E-state index in [0.717, 1.165) is 0 Å². The number of aliphatic hydroxyl groups is 2. The van der Waals surface area contributed by atoms with E-state index >= 15 is 0 Å². The Labute approximate surface area is 124 Å². The summed E-state index contributed by atoms with van der Waals surface area (Å²) >= 11 is 0. The van der Waals surface area contributed by atoms with E-state index in [0.29, 0.717) is 11.0 Å². The second-order valence-electron chi connectivity index (χ2n) is 5.80. The topological polar surface area (TPSA) is 118 Å². The molecule has 0 unspecified atom stereocenters. The first kappa shape index (κ1) is 19.6. The van der Waals surface area contributed by atoms with Gasteiger partial charge in [0, 0.05) is 0 Å². The fraction of sp³-hybridized carbons (Fsp3) is 0.500. The Hall–Kier alpha value is -1.41. The van der Waals surface area contributed by atoms with E-state index < -0.39 is 24.3 Å². The van der Waals surface area contributed by atoms with E-state index in [9.17, 15) is 4.79 Å². The predicted molar refractivity (Wildman–Crippen MR) is 80.2 cm³/mol. The lowest BCUT2D eigenvalue weighted by molar-refractivity contribution is -0.136. The van der Waals surface area contributed by atoms with Gasteiger partial charge in [-0.1, -0.05) is 24.3 Å². The molecule has 0 aliphatic rings. The third-order valence-corrected chi connectivity index (χ3v) is 3.13. The van der Waals surface area contributed by atoms with E-state index in [-0.39, 0.29) is 6.42 Å². The summed E-state index contributed by atoms with van der Waals surface area (Å²) in [6, 6.07) is 6.09. The average molecular weight is 298 g/mol. The van der Waals surface area contributed by atoms with Gasteiger partial charge in [0.15, 0.2) is 0 Å². The van der Waals surface area contributed by atoms with Crippen molar-refractivity contribution in [1.82, 2.24) is 0 Å². The molecular formula is C14H23BO6. The van der Waals surface area contributed by atoms with Crippen molar-refractivity contribution in [2.24, 2.45) is 0 Å². The van der Waals surface area contributed by atoms with Crippen LogP contribution in [0.2, 0.25) is 0 Å². The Morgan fingerprint density at radius 1 is 1.00 bits per heavy atom. The van der Waals surface area contributed by atoms with Crippen LogP contribution in [0.25, 0.3) is 0 Å². The number of hydrogen-bond donors (Lipinski definition) is 5. The van der Waals surface area contributed by atoms with Gasteiger partial charge < -0.3 is 25.4 Å². The van der Waals surface area contributed by atoms with Crippen molar-refractivity contribution in [3.63, 3.8) is 0 Å². The third-order valence-electron chi connectivity index (χ3n) is 3.13. The third kappa shape index (κ3) is 7.82. The smallest absolute Gasteiger partial charge is 0.481 e. The van der Waals surface area contributed by atoms with Gasteiger partial charge >= 0.3 is 13.1 Å². The van der Waals surface area contributed by atoms with E-state index in [2.05, 4.69) is 0 Å². The molecule has 1 aromatic carbocycles. The molecule has 7 heteroatoms. The van der Waals surface area contributed by atoms with Gasteiger partial charge in [0.1, 0.15) is 0 Å². The van der Waals surface area contributed by atoms with Crippen molar-refractivity contribution < 1.29 is 30.2 Å². The van der Waals surface area contributed by atoms with Crippen LogP contribution in [-0.4, -0.2) is 49.7 Å². The summed E-state index contributed by atoms with van der Waals surface area (Å²) in [6.07, 6.45) is -0.0538. The molecular weight excluding hydrogens is 275 g/mol. The van der Waals surface area contributed by atoms with Crippen LogP contribution in [-0.2, 0) is 11.2 Å². The molecule has 5 N–H and O–H groups in total. The SMILES string of the molecule is CC(C)(O)C(C)(C)O.O=C(O)Cc1ccc(B(O)O)cc1. The van der Waals surface area contributed by atoms with Crippen LogP contribution < -0.4 is 5.46 Å². The van der Waals surface area contributed by atoms with Crippen LogP contribution in [0.3, 0.4) is 0 Å². The van der Waals surface area contributed by atoms with Gasteiger partial charge in [-0.25, -0.2) is 0 Å². The minimum absolute atomic E-state index is 0.0538. The Balaban J connectivity index is 0.000000433. The zero-order chi connectivity index (χ0) is 16.8. The number of hydrogen-bond acceptors (Lipinski definition) is 5. The van der Waals surface area contributed by atoms with Crippen molar-refractivity contribution in [3.8, 4) is 0 Å². The number of carbonyl (C=O) groups is 1. The lowest BCUT2D eigenvalue weighted by atomic mass is 9.80. The second-order valence-corrected chi connectivity index (χ2v) is 5.80. The molecule has 1 aromatic rings. The lowest BCUT2D eigenvalue weighted by Gasteiger charge is -2.31. The molecule has 0 radical (unpaired) electrons. The van der Waals surface area contributed by atoms with E-state index in [1.165, 1.54) is 12.1 Å². The minimum atomic E-state index is -1.50. The van der Waals surface area contributed by atoms with Crippen LogP contribution in [0, 0.1) is 0 Å². The zero-order valence-corrected chi connectivity index (χ0v) is 12.7. The molecule has 0 spiro atoms. The van der Waals surface area contributed by atoms with Crippen LogP contribution in [0.15, 0.2) is 24.3 Å². The minimum Gasteiger partial charge on any atom is -0.481 e. The highest BCUT2D eigenvalue weighted by Gasteiger charge is 2.31. The molecule has 0 aromatic heterocycles. The van der Waals surface area contributed by atoms with Crippen molar-refractivity contribution in [2.45, 2.75) is 45.3 Å². The normalized spacial score (nSPS) is 11.4. The van der Waals surface area contributed by atoms with E-state index in [1.54, 1.807) is 39.8 Å². The van der Waals surface area contributed by atoms with Gasteiger partial charge in [-0.3, -0.25) is 4.79 Å². The molecule has 0 aliphatic heterocycles. The van der Waals surface area contributed by atoms with Gasteiger partial charge in [-0.15, -0.1) is 0 Å². The molecule has 0 amide bonds. The molecule has 118 valence electrons. The van der Waals surface area contributed by atoms with Crippen molar-refractivity contribution in [3.05, 3.63) is 29.8 Å². The molecule has 0 saturated carbocycles. The molecule has 1 rings (SSSR count). The van der Waals surface area contributed by atoms with Crippen LogP contribution in [0.1, 0.15) is 33.3 Å². The van der Waals surface area contributed by atoms with Gasteiger partial charge in [0.2, 0.25) is 0 Å². The van der Waals surface area contributed by atoms with Crippen molar-refractivity contribution in [2.75, 3.05) is 0 Å². The van der Waals surface area contributed by atoms with Gasteiger partial charge in [0.05, 0.1) is 17.6 Å². The van der Waals surface area contributed by atoms with E-state index in [4.69, 9.17) is 25.4 Å². The van der Waals surface area contributed by atoms with Gasteiger partial charge in [-0.05, 0) is 38.7 Å². The average Bonchev–Trinajstić information content (AvgIpc) is 2.26. The van der Waals surface area contributed by atoms with Crippen molar-refractivity contribution in [1.29, 1.82) is 0 Å². The van der Waals surface area contributed by atoms with Crippen LogP contribution in [0.5, 0.6) is 0 Å². The maximum absolute atomic E-state index is 10.3. The largest absolute Gasteiger partial charge is 0.488 e. The molecule has 0 heterocycles. The zero-order valence-electron chi connectivity index (χ0n) is 12.7. The number of carboxylic acids is 1. The second kappa shape index (κ2) is 7.56. The van der Waals surface area contributed by atoms with Gasteiger partial charge in [0.25, 0.3) is 0 Å². The Kier molecular flexibility index (Phi) is 7.05. The summed E-state index contributed by atoms with van der Waals surface area (Å²) in [4.78, 5) is 10.3.